The molecule has 0 spiro atoms. The SMILES string of the molecule is COCCNCCc1ccc(F)c(F)c1F. The van der Waals surface area contributed by atoms with Crippen molar-refractivity contribution in [3.05, 3.63) is 35.1 Å². The van der Waals surface area contributed by atoms with Crippen LogP contribution in [0.5, 0.6) is 0 Å². The van der Waals surface area contributed by atoms with Gasteiger partial charge in [-0.05, 0) is 24.6 Å². The Hall–Kier alpha value is -1.07. The van der Waals surface area contributed by atoms with E-state index in [1.807, 2.05) is 0 Å². The van der Waals surface area contributed by atoms with Gasteiger partial charge < -0.3 is 10.1 Å². The van der Waals surface area contributed by atoms with Crippen LogP contribution in [0, 0.1) is 17.5 Å². The van der Waals surface area contributed by atoms with Crippen LogP contribution in [0.15, 0.2) is 12.1 Å². The van der Waals surface area contributed by atoms with E-state index in [1.165, 1.54) is 6.07 Å². The van der Waals surface area contributed by atoms with Gasteiger partial charge in [-0.25, -0.2) is 13.2 Å². The predicted molar refractivity (Wildman–Crippen MR) is 54.8 cm³/mol. The maximum atomic E-state index is 13.2. The summed E-state index contributed by atoms with van der Waals surface area (Å²) in [5.74, 6) is -3.67. The van der Waals surface area contributed by atoms with E-state index in [0.717, 1.165) is 6.07 Å². The maximum Gasteiger partial charge on any atom is 0.194 e. The van der Waals surface area contributed by atoms with Gasteiger partial charge in [0, 0.05) is 13.7 Å². The largest absolute Gasteiger partial charge is 0.383 e. The Kier molecular flexibility index (Phi) is 5.28. The third kappa shape index (κ3) is 3.50. The van der Waals surface area contributed by atoms with Gasteiger partial charge in [0.1, 0.15) is 0 Å². The van der Waals surface area contributed by atoms with Crippen LogP contribution in [0.1, 0.15) is 5.56 Å². The fraction of sp³-hybridized carbons (Fsp3) is 0.455. The topological polar surface area (TPSA) is 21.3 Å². The number of rotatable bonds is 6. The van der Waals surface area contributed by atoms with Crippen LogP contribution in [-0.2, 0) is 11.2 Å². The molecule has 0 aliphatic carbocycles. The van der Waals surface area contributed by atoms with Crippen LogP contribution in [0.3, 0.4) is 0 Å². The number of hydrogen-bond donors (Lipinski definition) is 1. The maximum absolute atomic E-state index is 13.2. The Bertz CT molecular complexity index is 344. The lowest BCUT2D eigenvalue weighted by molar-refractivity contribution is 0.199. The van der Waals surface area contributed by atoms with Crippen molar-refractivity contribution in [2.24, 2.45) is 0 Å². The van der Waals surface area contributed by atoms with Crippen LogP contribution < -0.4 is 5.32 Å². The van der Waals surface area contributed by atoms with Gasteiger partial charge in [-0.2, -0.15) is 0 Å². The quantitative estimate of drug-likeness (QED) is 0.598. The van der Waals surface area contributed by atoms with E-state index in [4.69, 9.17) is 4.74 Å². The molecule has 0 saturated heterocycles. The molecule has 90 valence electrons. The fourth-order valence-electron chi connectivity index (χ4n) is 1.28. The monoisotopic (exact) mass is 233 g/mol. The second kappa shape index (κ2) is 6.50. The Labute approximate surface area is 92.4 Å². The lowest BCUT2D eigenvalue weighted by Gasteiger charge is -2.06. The normalized spacial score (nSPS) is 10.8. The number of nitrogens with one attached hydrogen (secondary N) is 1. The third-order valence-electron chi connectivity index (χ3n) is 2.17. The van der Waals surface area contributed by atoms with E-state index in [0.29, 0.717) is 26.1 Å². The van der Waals surface area contributed by atoms with Crippen LogP contribution >= 0.6 is 0 Å². The van der Waals surface area contributed by atoms with Crippen LogP contribution in [-0.4, -0.2) is 26.8 Å². The third-order valence-corrected chi connectivity index (χ3v) is 2.17. The highest BCUT2D eigenvalue weighted by atomic mass is 19.2. The molecule has 0 fully saturated rings. The summed E-state index contributed by atoms with van der Waals surface area (Å²) in [6, 6.07) is 2.19. The van der Waals surface area contributed by atoms with Crippen molar-refractivity contribution in [2.45, 2.75) is 6.42 Å². The summed E-state index contributed by atoms with van der Waals surface area (Å²) >= 11 is 0. The second-order valence-electron chi connectivity index (χ2n) is 3.33. The Morgan fingerprint density at radius 1 is 1.12 bits per heavy atom. The number of benzene rings is 1. The van der Waals surface area contributed by atoms with Gasteiger partial charge in [-0.15, -0.1) is 0 Å². The zero-order chi connectivity index (χ0) is 12.0. The first kappa shape index (κ1) is 13.0. The smallest absolute Gasteiger partial charge is 0.194 e. The van der Waals surface area contributed by atoms with E-state index in [-0.39, 0.29) is 5.56 Å². The number of halogens is 3. The second-order valence-corrected chi connectivity index (χ2v) is 3.33. The Morgan fingerprint density at radius 3 is 2.56 bits per heavy atom. The molecule has 2 nitrogen and oxygen atoms in total. The van der Waals surface area contributed by atoms with Gasteiger partial charge in [-0.3, -0.25) is 0 Å². The average molecular weight is 233 g/mol. The molecule has 0 bridgehead atoms. The Balaban J connectivity index is 2.45. The number of methoxy groups -OCH3 is 1. The molecule has 1 rings (SSSR count). The summed E-state index contributed by atoms with van der Waals surface area (Å²) in [5, 5.41) is 2.99. The summed E-state index contributed by atoms with van der Waals surface area (Å²) in [6.07, 6.45) is 0.312. The van der Waals surface area contributed by atoms with E-state index >= 15 is 0 Å². The number of ether oxygens (including phenoxy) is 1. The highest BCUT2D eigenvalue weighted by Crippen LogP contribution is 2.15. The molecular weight excluding hydrogens is 219 g/mol. The van der Waals surface area contributed by atoms with Crippen molar-refractivity contribution in [1.29, 1.82) is 0 Å². The fourth-order valence-corrected chi connectivity index (χ4v) is 1.28. The minimum Gasteiger partial charge on any atom is -0.383 e. The van der Waals surface area contributed by atoms with Crippen molar-refractivity contribution in [2.75, 3.05) is 26.8 Å². The molecule has 0 aromatic heterocycles. The summed E-state index contributed by atoms with van der Waals surface area (Å²) in [6.45, 7) is 1.69. The molecular formula is C11H14F3NO. The first-order valence-electron chi connectivity index (χ1n) is 4.99. The molecule has 0 atom stereocenters. The minimum atomic E-state index is -1.41. The minimum absolute atomic E-state index is 0.170. The predicted octanol–water partition coefficient (Wildman–Crippen LogP) is 1.88. The molecule has 0 saturated carbocycles. The summed E-state index contributed by atoms with van der Waals surface area (Å²) < 4.78 is 43.4. The van der Waals surface area contributed by atoms with Crippen molar-refractivity contribution in [1.82, 2.24) is 5.32 Å². The van der Waals surface area contributed by atoms with Crippen LogP contribution in [0.4, 0.5) is 13.2 Å². The molecule has 1 N–H and O–H groups in total. The molecule has 1 aromatic carbocycles. The molecule has 5 heteroatoms. The van der Waals surface area contributed by atoms with Gasteiger partial charge in [0.25, 0.3) is 0 Å². The van der Waals surface area contributed by atoms with Crippen molar-refractivity contribution in [3.8, 4) is 0 Å². The van der Waals surface area contributed by atoms with Gasteiger partial charge >= 0.3 is 0 Å². The summed E-state index contributed by atoms with van der Waals surface area (Å²) in [5.41, 5.74) is 0.170. The molecule has 0 amide bonds. The molecule has 16 heavy (non-hydrogen) atoms. The first-order valence-corrected chi connectivity index (χ1v) is 4.99. The van der Waals surface area contributed by atoms with Crippen LogP contribution in [0.2, 0.25) is 0 Å². The molecule has 0 aliphatic heterocycles. The van der Waals surface area contributed by atoms with Gasteiger partial charge in [0.05, 0.1) is 6.61 Å². The van der Waals surface area contributed by atoms with E-state index < -0.39 is 17.5 Å². The van der Waals surface area contributed by atoms with E-state index in [2.05, 4.69) is 5.32 Å². The molecule has 0 aliphatic rings. The molecule has 0 unspecified atom stereocenters. The van der Waals surface area contributed by atoms with Gasteiger partial charge in [0.2, 0.25) is 0 Å². The van der Waals surface area contributed by atoms with Gasteiger partial charge in [-0.1, -0.05) is 6.07 Å². The standard InChI is InChI=1S/C11H14F3NO/c1-16-7-6-15-5-4-8-2-3-9(12)11(14)10(8)13/h2-3,15H,4-7H2,1H3. The van der Waals surface area contributed by atoms with E-state index in [9.17, 15) is 13.2 Å². The Morgan fingerprint density at radius 2 is 1.88 bits per heavy atom. The average Bonchev–Trinajstić information content (AvgIpc) is 2.28. The first-order chi connectivity index (χ1) is 7.66. The summed E-state index contributed by atoms with van der Waals surface area (Å²) in [4.78, 5) is 0. The molecule has 1 aromatic rings. The zero-order valence-electron chi connectivity index (χ0n) is 9.03. The highest BCUT2D eigenvalue weighted by Gasteiger charge is 2.12. The molecule has 0 heterocycles. The van der Waals surface area contributed by atoms with Crippen LogP contribution in [0.25, 0.3) is 0 Å². The molecule has 0 radical (unpaired) electrons. The lowest BCUT2D eigenvalue weighted by atomic mass is 10.1. The van der Waals surface area contributed by atoms with E-state index in [1.54, 1.807) is 7.11 Å². The lowest BCUT2D eigenvalue weighted by Crippen LogP contribution is -2.22. The highest BCUT2D eigenvalue weighted by molar-refractivity contribution is 5.20. The zero-order valence-corrected chi connectivity index (χ0v) is 9.03. The number of hydrogen-bond acceptors (Lipinski definition) is 2. The van der Waals surface area contributed by atoms with Crippen molar-refractivity contribution >= 4 is 0 Å². The van der Waals surface area contributed by atoms with Crippen molar-refractivity contribution in [3.63, 3.8) is 0 Å². The van der Waals surface area contributed by atoms with Crippen molar-refractivity contribution < 1.29 is 17.9 Å². The summed E-state index contributed by atoms with van der Waals surface area (Å²) in [7, 11) is 1.58. The van der Waals surface area contributed by atoms with Gasteiger partial charge in [0.15, 0.2) is 17.5 Å².